The summed E-state index contributed by atoms with van der Waals surface area (Å²) in [5, 5.41) is 2.82. The topological polar surface area (TPSA) is 96.5 Å². The van der Waals surface area contributed by atoms with Crippen LogP contribution < -0.4 is 20.9 Å². The Bertz CT molecular complexity index is 1150. The normalized spacial score (nSPS) is 10.8. The van der Waals surface area contributed by atoms with E-state index in [2.05, 4.69) is 36.9 Å². The average molecular weight is 460 g/mol. The van der Waals surface area contributed by atoms with Crippen LogP contribution in [0.5, 0.6) is 5.75 Å². The Morgan fingerprint density at radius 2 is 1.12 bits per heavy atom. The summed E-state index contributed by atoms with van der Waals surface area (Å²) in [4.78, 5) is 37.1. The third kappa shape index (κ3) is 6.45. The van der Waals surface area contributed by atoms with E-state index in [0.29, 0.717) is 34.7 Å². The number of hydrogen-bond donors (Lipinski definition) is 3. The number of anilines is 1. The van der Waals surface area contributed by atoms with E-state index in [4.69, 9.17) is 4.74 Å². The molecule has 0 saturated carbocycles. The van der Waals surface area contributed by atoms with Gasteiger partial charge in [0.1, 0.15) is 5.75 Å². The minimum Gasteiger partial charge on any atom is -0.494 e. The summed E-state index contributed by atoms with van der Waals surface area (Å²) >= 11 is 0. The third-order valence-corrected chi connectivity index (χ3v) is 5.14. The van der Waals surface area contributed by atoms with Crippen molar-refractivity contribution >= 4 is 23.4 Å². The van der Waals surface area contributed by atoms with E-state index in [1.807, 2.05) is 19.1 Å². The smallest absolute Gasteiger partial charge is 0.269 e. The maximum atomic E-state index is 12.5. The Balaban J connectivity index is 1.53. The van der Waals surface area contributed by atoms with Gasteiger partial charge in [-0.3, -0.25) is 25.2 Å². The first-order valence-electron chi connectivity index (χ1n) is 11.0. The number of ether oxygens (including phenoxy) is 1. The molecule has 3 N–H and O–H groups in total. The van der Waals surface area contributed by atoms with Gasteiger partial charge in [-0.1, -0.05) is 32.9 Å². The van der Waals surface area contributed by atoms with Crippen LogP contribution in [0, 0.1) is 0 Å². The van der Waals surface area contributed by atoms with Crippen LogP contribution in [0.25, 0.3) is 0 Å². The molecule has 0 heterocycles. The van der Waals surface area contributed by atoms with E-state index in [1.54, 1.807) is 60.7 Å². The van der Waals surface area contributed by atoms with Crippen LogP contribution in [0.3, 0.4) is 0 Å². The van der Waals surface area contributed by atoms with Gasteiger partial charge in [-0.2, -0.15) is 0 Å². The molecule has 0 unspecified atom stereocenters. The predicted octanol–water partition coefficient (Wildman–Crippen LogP) is 4.71. The second-order valence-electron chi connectivity index (χ2n) is 8.72. The van der Waals surface area contributed by atoms with Gasteiger partial charge in [0.15, 0.2) is 0 Å². The number of hydrazine groups is 1. The highest BCUT2D eigenvalue weighted by atomic mass is 16.5. The summed E-state index contributed by atoms with van der Waals surface area (Å²) in [7, 11) is 0. The molecule has 3 amide bonds. The number of nitrogens with one attached hydrogen (secondary N) is 3. The number of amides is 3. The second-order valence-corrected chi connectivity index (χ2v) is 8.72. The third-order valence-electron chi connectivity index (χ3n) is 5.14. The van der Waals surface area contributed by atoms with Crippen LogP contribution in [0.1, 0.15) is 64.3 Å². The number of benzene rings is 3. The standard InChI is InChI=1S/C27H29N3O4/c1-5-34-23-16-10-20(11-17-23)26(33)30-29-25(32)19-8-14-22(15-9-19)28-24(31)18-6-12-21(13-7-18)27(2,3)4/h6-17H,5H2,1-4H3,(H,28,31)(H,29,32)(H,30,33). The molecule has 7 nitrogen and oxygen atoms in total. The average Bonchev–Trinajstić information content (AvgIpc) is 2.83. The molecule has 7 heteroatoms. The molecule has 3 aromatic carbocycles. The quantitative estimate of drug-likeness (QED) is 0.465. The molecule has 176 valence electrons. The molecule has 0 aliphatic rings. The van der Waals surface area contributed by atoms with Crippen molar-refractivity contribution in [1.29, 1.82) is 0 Å². The Kier molecular flexibility index (Phi) is 7.68. The van der Waals surface area contributed by atoms with E-state index < -0.39 is 11.8 Å². The molecule has 0 aliphatic carbocycles. The molecule has 0 aromatic heterocycles. The monoisotopic (exact) mass is 459 g/mol. The highest BCUT2D eigenvalue weighted by Gasteiger charge is 2.15. The Morgan fingerprint density at radius 3 is 1.59 bits per heavy atom. The molecule has 0 fully saturated rings. The fourth-order valence-corrected chi connectivity index (χ4v) is 3.16. The van der Waals surface area contributed by atoms with E-state index >= 15 is 0 Å². The molecule has 0 spiro atoms. The Morgan fingerprint density at radius 1 is 0.676 bits per heavy atom. The lowest BCUT2D eigenvalue weighted by atomic mass is 9.87. The highest BCUT2D eigenvalue weighted by Crippen LogP contribution is 2.22. The van der Waals surface area contributed by atoms with Crippen molar-refractivity contribution in [1.82, 2.24) is 10.9 Å². The molecule has 0 aliphatic heterocycles. The van der Waals surface area contributed by atoms with Gasteiger partial charge >= 0.3 is 0 Å². The first kappa shape index (κ1) is 24.5. The summed E-state index contributed by atoms with van der Waals surface area (Å²) < 4.78 is 5.34. The summed E-state index contributed by atoms with van der Waals surface area (Å²) in [5.74, 6) is -0.495. The second kappa shape index (κ2) is 10.7. The fraction of sp³-hybridized carbons (Fsp3) is 0.222. The largest absolute Gasteiger partial charge is 0.494 e. The lowest BCUT2D eigenvalue weighted by Crippen LogP contribution is -2.41. The first-order valence-corrected chi connectivity index (χ1v) is 11.0. The van der Waals surface area contributed by atoms with E-state index in [-0.39, 0.29) is 11.3 Å². The molecule has 3 rings (SSSR count). The molecule has 0 bridgehead atoms. The van der Waals surface area contributed by atoms with Gasteiger partial charge < -0.3 is 10.1 Å². The van der Waals surface area contributed by atoms with Crippen LogP contribution in [0.15, 0.2) is 72.8 Å². The minimum atomic E-state index is -0.477. The van der Waals surface area contributed by atoms with Crippen molar-refractivity contribution in [2.75, 3.05) is 11.9 Å². The molecule has 0 atom stereocenters. The molecule has 0 saturated heterocycles. The van der Waals surface area contributed by atoms with Crippen LogP contribution in [-0.2, 0) is 5.41 Å². The minimum absolute atomic E-state index is 0.0130. The van der Waals surface area contributed by atoms with E-state index in [0.717, 1.165) is 5.56 Å². The van der Waals surface area contributed by atoms with E-state index in [1.165, 1.54) is 0 Å². The highest BCUT2D eigenvalue weighted by molar-refractivity contribution is 6.04. The number of hydrogen-bond acceptors (Lipinski definition) is 4. The van der Waals surface area contributed by atoms with Gasteiger partial charge in [-0.05, 0) is 78.6 Å². The van der Waals surface area contributed by atoms with E-state index in [9.17, 15) is 14.4 Å². The van der Waals surface area contributed by atoms with Crippen molar-refractivity contribution < 1.29 is 19.1 Å². The zero-order chi connectivity index (χ0) is 24.7. The van der Waals surface area contributed by atoms with Crippen molar-refractivity contribution in [2.45, 2.75) is 33.1 Å². The summed E-state index contributed by atoms with van der Waals surface area (Å²) in [6.45, 7) is 8.76. The molecule has 3 aromatic rings. The van der Waals surface area contributed by atoms with Gasteiger partial charge in [-0.15, -0.1) is 0 Å². The van der Waals surface area contributed by atoms with Crippen molar-refractivity contribution in [3.05, 3.63) is 95.1 Å². The number of rotatable bonds is 6. The zero-order valence-corrected chi connectivity index (χ0v) is 19.8. The zero-order valence-electron chi connectivity index (χ0n) is 19.8. The van der Waals surface area contributed by atoms with Gasteiger partial charge in [-0.25, -0.2) is 0 Å². The Hall–Kier alpha value is -4.13. The number of carbonyl (C=O) groups excluding carboxylic acids is 3. The maximum Gasteiger partial charge on any atom is 0.269 e. The van der Waals surface area contributed by atoms with Crippen LogP contribution >= 0.6 is 0 Å². The first-order chi connectivity index (χ1) is 16.2. The summed E-state index contributed by atoms with van der Waals surface area (Å²) in [6, 6.07) is 20.5. The maximum absolute atomic E-state index is 12.5. The van der Waals surface area contributed by atoms with Gasteiger partial charge in [0.2, 0.25) is 0 Å². The van der Waals surface area contributed by atoms with Gasteiger partial charge in [0, 0.05) is 22.4 Å². The van der Waals surface area contributed by atoms with Crippen LogP contribution in [0.4, 0.5) is 5.69 Å². The number of carbonyl (C=O) groups is 3. The lowest BCUT2D eigenvalue weighted by molar-refractivity contribution is 0.0846. The summed E-state index contributed by atoms with van der Waals surface area (Å²) in [6.07, 6.45) is 0. The van der Waals surface area contributed by atoms with Crippen LogP contribution in [0.2, 0.25) is 0 Å². The van der Waals surface area contributed by atoms with Crippen molar-refractivity contribution in [2.24, 2.45) is 0 Å². The summed E-state index contributed by atoms with van der Waals surface area (Å²) in [5.41, 5.74) is 7.75. The molecule has 0 radical (unpaired) electrons. The van der Waals surface area contributed by atoms with Gasteiger partial charge in [0.05, 0.1) is 6.61 Å². The molecular weight excluding hydrogens is 430 g/mol. The van der Waals surface area contributed by atoms with Crippen molar-refractivity contribution in [3.8, 4) is 5.75 Å². The molecular formula is C27H29N3O4. The Labute approximate surface area is 199 Å². The fourth-order valence-electron chi connectivity index (χ4n) is 3.16. The van der Waals surface area contributed by atoms with Gasteiger partial charge in [0.25, 0.3) is 17.7 Å². The SMILES string of the molecule is CCOc1ccc(C(=O)NNC(=O)c2ccc(NC(=O)c3ccc(C(C)(C)C)cc3)cc2)cc1. The predicted molar refractivity (Wildman–Crippen MR) is 132 cm³/mol. The van der Waals surface area contributed by atoms with Crippen molar-refractivity contribution in [3.63, 3.8) is 0 Å². The van der Waals surface area contributed by atoms with Crippen LogP contribution in [-0.4, -0.2) is 24.3 Å². The lowest BCUT2D eigenvalue weighted by Gasteiger charge is -2.19. The molecule has 34 heavy (non-hydrogen) atoms.